The number of aromatic nitrogens is 6. The van der Waals surface area contributed by atoms with E-state index >= 15 is 0 Å². The predicted molar refractivity (Wildman–Crippen MR) is 167 cm³/mol. The van der Waals surface area contributed by atoms with Crippen molar-refractivity contribution in [1.82, 2.24) is 39.5 Å². The molecule has 0 radical (unpaired) electrons. The lowest BCUT2D eigenvalue weighted by atomic mass is 10.0. The molecule has 1 saturated carbocycles. The highest BCUT2D eigenvalue weighted by Crippen LogP contribution is 2.37. The summed E-state index contributed by atoms with van der Waals surface area (Å²) in [5.41, 5.74) is 12.2. The Kier molecular flexibility index (Phi) is 6.55. The van der Waals surface area contributed by atoms with E-state index < -0.39 is 0 Å². The molecule has 5 heterocycles. The predicted octanol–water partition coefficient (Wildman–Crippen LogP) is 4.24. The summed E-state index contributed by atoms with van der Waals surface area (Å²) in [6.45, 7) is 1.72. The summed E-state index contributed by atoms with van der Waals surface area (Å²) >= 11 is 0. The van der Waals surface area contributed by atoms with Gasteiger partial charge in [-0.3, -0.25) is 9.36 Å². The maximum absolute atomic E-state index is 12.5. The highest BCUT2D eigenvalue weighted by molar-refractivity contribution is 5.83. The number of likely N-dealkylation sites (tertiary alicyclic amines) is 1. The van der Waals surface area contributed by atoms with Crippen LogP contribution in [0.4, 0.5) is 5.82 Å². The third-order valence-corrected chi connectivity index (χ3v) is 9.21. The average Bonchev–Trinajstić information content (AvgIpc) is 3.48. The molecule has 3 aliphatic rings. The fourth-order valence-corrected chi connectivity index (χ4v) is 6.71. The third kappa shape index (κ3) is 4.77. The van der Waals surface area contributed by atoms with Gasteiger partial charge in [0.1, 0.15) is 11.3 Å². The van der Waals surface area contributed by atoms with Crippen LogP contribution in [-0.2, 0) is 11.2 Å². The van der Waals surface area contributed by atoms with Crippen molar-refractivity contribution in [2.75, 3.05) is 25.9 Å². The van der Waals surface area contributed by atoms with Crippen LogP contribution in [0.15, 0.2) is 60.9 Å². The van der Waals surface area contributed by atoms with Crippen molar-refractivity contribution in [3.05, 3.63) is 72.1 Å². The molecule has 11 nitrogen and oxygen atoms in total. The first-order chi connectivity index (χ1) is 21.6. The standard InChI is InChI=1S/C33H35N9O2/c1-44-29-14-18-41(39-29)28-11-10-27-32(38-28)42(31(37-27)25-3-2-15-35-30(25)34)23-7-8-24-21(19-23)6-9-26(24)36-22-12-16-40(17-13-22)33(43)20-4-5-20/h2-3,7-8,10-11,14-15,18-20,22,26,36H,4-6,9,12-13,16-17H2,1H3,(H2,34,35)/t26-/m0/s1. The number of nitrogens with zero attached hydrogens (tertiary/aromatic N) is 7. The molecule has 44 heavy (non-hydrogen) atoms. The van der Waals surface area contributed by atoms with Crippen molar-refractivity contribution in [2.45, 2.75) is 50.6 Å². The van der Waals surface area contributed by atoms with E-state index in [1.807, 2.05) is 30.5 Å². The van der Waals surface area contributed by atoms with E-state index in [0.29, 0.717) is 52.9 Å². The summed E-state index contributed by atoms with van der Waals surface area (Å²) in [4.78, 5) is 28.9. The summed E-state index contributed by atoms with van der Waals surface area (Å²) in [7, 11) is 1.59. The molecule has 224 valence electrons. The van der Waals surface area contributed by atoms with Crippen molar-refractivity contribution < 1.29 is 9.53 Å². The van der Waals surface area contributed by atoms with Crippen LogP contribution in [0.5, 0.6) is 5.88 Å². The van der Waals surface area contributed by atoms with Crippen LogP contribution in [0.25, 0.3) is 34.1 Å². The fraction of sp³-hybridized carbons (Fsp3) is 0.364. The van der Waals surface area contributed by atoms with Gasteiger partial charge >= 0.3 is 0 Å². The van der Waals surface area contributed by atoms with Gasteiger partial charge in [-0.25, -0.2) is 19.6 Å². The van der Waals surface area contributed by atoms with Gasteiger partial charge in [-0.15, -0.1) is 5.10 Å². The van der Waals surface area contributed by atoms with Gasteiger partial charge in [0.2, 0.25) is 11.8 Å². The number of benzene rings is 1. The Balaban J connectivity index is 1.12. The summed E-state index contributed by atoms with van der Waals surface area (Å²) in [5, 5.41) is 8.38. The molecule has 11 heteroatoms. The number of nitrogens with two attached hydrogens (primary N) is 1. The van der Waals surface area contributed by atoms with Gasteiger partial charge in [0.25, 0.3) is 0 Å². The number of nitrogen functional groups attached to an aromatic ring is 1. The van der Waals surface area contributed by atoms with Crippen molar-refractivity contribution in [3.8, 4) is 28.8 Å². The number of nitrogens with one attached hydrogen (secondary N) is 1. The monoisotopic (exact) mass is 589 g/mol. The zero-order valence-electron chi connectivity index (χ0n) is 24.7. The number of hydrogen-bond acceptors (Lipinski definition) is 8. The van der Waals surface area contributed by atoms with Gasteiger partial charge in [-0.2, -0.15) is 0 Å². The van der Waals surface area contributed by atoms with Crippen LogP contribution in [0, 0.1) is 5.92 Å². The molecule has 2 aliphatic carbocycles. The first kappa shape index (κ1) is 26.8. The van der Waals surface area contributed by atoms with E-state index in [1.165, 1.54) is 11.1 Å². The molecule has 1 aliphatic heterocycles. The molecule has 0 unspecified atom stereocenters. The lowest BCUT2D eigenvalue weighted by Gasteiger charge is -2.34. The van der Waals surface area contributed by atoms with Gasteiger partial charge in [0.15, 0.2) is 17.3 Å². The number of rotatable bonds is 7. The minimum absolute atomic E-state index is 0.300. The number of piperidine rings is 1. The quantitative estimate of drug-likeness (QED) is 0.289. The molecule has 1 aromatic carbocycles. The number of methoxy groups -OCH3 is 1. The van der Waals surface area contributed by atoms with E-state index in [2.05, 4.69) is 43.1 Å². The lowest BCUT2D eigenvalue weighted by molar-refractivity contribution is -0.133. The smallest absolute Gasteiger partial charge is 0.232 e. The molecule has 2 fully saturated rings. The van der Waals surface area contributed by atoms with E-state index in [4.69, 9.17) is 20.4 Å². The number of carbonyl (C=O) groups is 1. The van der Waals surface area contributed by atoms with Gasteiger partial charge in [-0.1, -0.05) is 6.07 Å². The second-order valence-electron chi connectivity index (χ2n) is 12.0. The first-order valence-corrected chi connectivity index (χ1v) is 15.4. The van der Waals surface area contributed by atoms with E-state index in [0.717, 1.165) is 68.4 Å². The zero-order chi connectivity index (χ0) is 29.8. The SMILES string of the molecule is COc1ccn(-c2ccc3nc(-c4cccnc4N)n(-c4ccc5c(c4)CC[C@@H]5NC4CCN(C(=O)C5CC5)CC4)c3n2)n1. The van der Waals surface area contributed by atoms with Gasteiger partial charge in [-0.05, 0) is 86.1 Å². The number of imidazole rings is 1. The maximum Gasteiger partial charge on any atom is 0.232 e. The molecule has 1 saturated heterocycles. The van der Waals surface area contributed by atoms with Crippen molar-refractivity contribution in [2.24, 2.45) is 5.92 Å². The van der Waals surface area contributed by atoms with E-state index in [1.54, 1.807) is 24.1 Å². The van der Waals surface area contributed by atoms with Crippen LogP contribution in [0.2, 0.25) is 0 Å². The molecule has 5 aromatic rings. The number of anilines is 1. The largest absolute Gasteiger partial charge is 0.480 e. The molecule has 8 rings (SSSR count). The maximum atomic E-state index is 12.5. The van der Waals surface area contributed by atoms with Gasteiger partial charge < -0.3 is 20.7 Å². The Morgan fingerprint density at radius 2 is 1.89 bits per heavy atom. The molecule has 0 bridgehead atoms. The Labute approximate surface area is 255 Å². The molecular weight excluding hydrogens is 554 g/mol. The topological polar surface area (TPSA) is 129 Å². The zero-order valence-corrected chi connectivity index (χ0v) is 24.7. The van der Waals surface area contributed by atoms with Crippen molar-refractivity contribution in [1.29, 1.82) is 0 Å². The van der Waals surface area contributed by atoms with Crippen LogP contribution >= 0.6 is 0 Å². The highest BCUT2D eigenvalue weighted by atomic mass is 16.5. The molecule has 1 amide bonds. The summed E-state index contributed by atoms with van der Waals surface area (Å²) in [6, 6.07) is 16.8. The van der Waals surface area contributed by atoms with Crippen LogP contribution < -0.4 is 15.8 Å². The minimum atomic E-state index is 0.300. The highest BCUT2D eigenvalue weighted by Gasteiger charge is 2.35. The minimum Gasteiger partial charge on any atom is -0.480 e. The van der Waals surface area contributed by atoms with Gasteiger partial charge in [0.05, 0.1) is 12.7 Å². The fourth-order valence-electron chi connectivity index (χ4n) is 6.71. The lowest BCUT2D eigenvalue weighted by Crippen LogP contribution is -2.46. The number of amides is 1. The Hall–Kier alpha value is -4.77. The number of ether oxygens (including phenoxy) is 1. The van der Waals surface area contributed by atoms with E-state index in [9.17, 15) is 4.79 Å². The van der Waals surface area contributed by atoms with Crippen LogP contribution in [0.1, 0.15) is 49.3 Å². The second kappa shape index (κ2) is 10.7. The Morgan fingerprint density at radius 3 is 2.66 bits per heavy atom. The number of aryl methyl sites for hydroxylation is 1. The second-order valence-corrected chi connectivity index (χ2v) is 12.0. The van der Waals surface area contributed by atoms with Gasteiger partial charge in [0, 0.05) is 55.2 Å². The van der Waals surface area contributed by atoms with Crippen LogP contribution in [-0.4, -0.2) is 66.3 Å². The normalized spacial score (nSPS) is 18.6. The molecular formula is C33H35N9O2. The summed E-state index contributed by atoms with van der Waals surface area (Å²) in [6.07, 6.45) is 9.71. The third-order valence-electron chi connectivity index (χ3n) is 9.21. The molecule has 3 N–H and O–H groups in total. The number of pyridine rings is 2. The Morgan fingerprint density at radius 1 is 1.02 bits per heavy atom. The summed E-state index contributed by atoms with van der Waals surface area (Å²) < 4.78 is 9.04. The number of carbonyl (C=O) groups excluding carboxylic acids is 1. The molecule has 1 atom stereocenters. The van der Waals surface area contributed by atoms with Crippen molar-refractivity contribution in [3.63, 3.8) is 0 Å². The Bertz CT molecular complexity index is 1870. The van der Waals surface area contributed by atoms with Crippen molar-refractivity contribution >= 4 is 22.9 Å². The molecule has 0 spiro atoms. The molecule has 4 aromatic heterocycles. The van der Waals surface area contributed by atoms with E-state index in [-0.39, 0.29) is 0 Å². The first-order valence-electron chi connectivity index (χ1n) is 15.4. The average molecular weight is 590 g/mol. The number of hydrogen-bond donors (Lipinski definition) is 2. The number of fused-ring (bicyclic) bond motifs is 2. The van der Waals surface area contributed by atoms with Crippen LogP contribution in [0.3, 0.4) is 0 Å². The summed E-state index contributed by atoms with van der Waals surface area (Å²) in [5.74, 6) is 2.94.